The van der Waals surface area contributed by atoms with Crippen molar-refractivity contribution in [3.05, 3.63) is 46.4 Å². The maximum Gasteiger partial charge on any atom is 0.308 e. The molecule has 3 aromatic carbocycles. The van der Waals surface area contributed by atoms with E-state index in [4.69, 9.17) is 42.1 Å². The molecule has 10 heteroatoms. The number of hydrogen-bond acceptors (Lipinski definition) is 7. The standard InChI is InChI=1S/C22H18Cl2O7S/c1-11(25)30-18-13-7-5-10-16(32(27)22-14(23)8-6-9-15(22)24)17(13)19(31-12(2)26)21(29-4)20(18)28-3/h5-10H,1-4H3. The van der Waals surface area contributed by atoms with E-state index in [1.165, 1.54) is 28.1 Å². The maximum absolute atomic E-state index is 13.6. The zero-order valence-corrected chi connectivity index (χ0v) is 19.8. The van der Waals surface area contributed by atoms with Gasteiger partial charge in [-0.15, -0.1) is 0 Å². The number of carbonyl (C=O) groups is 2. The first-order chi connectivity index (χ1) is 15.2. The summed E-state index contributed by atoms with van der Waals surface area (Å²) in [4.78, 5) is 24.1. The number of methoxy groups -OCH3 is 2. The quantitative estimate of drug-likeness (QED) is 0.263. The number of hydrogen-bond donors (Lipinski definition) is 0. The third kappa shape index (κ3) is 4.45. The van der Waals surface area contributed by atoms with Gasteiger partial charge >= 0.3 is 11.9 Å². The fourth-order valence-electron chi connectivity index (χ4n) is 3.18. The van der Waals surface area contributed by atoms with Crippen molar-refractivity contribution in [1.82, 2.24) is 0 Å². The van der Waals surface area contributed by atoms with Gasteiger partial charge in [0.2, 0.25) is 11.5 Å². The van der Waals surface area contributed by atoms with Crippen LogP contribution in [0.1, 0.15) is 13.8 Å². The number of esters is 2. The van der Waals surface area contributed by atoms with Gasteiger partial charge in [-0.2, -0.15) is 0 Å². The van der Waals surface area contributed by atoms with E-state index in [0.29, 0.717) is 5.39 Å². The lowest BCUT2D eigenvalue weighted by atomic mass is 10.1. The Bertz CT molecular complexity index is 1190. The van der Waals surface area contributed by atoms with Crippen molar-refractivity contribution in [1.29, 1.82) is 0 Å². The minimum absolute atomic E-state index is 0.0128. The van der Waals surface area contributed by atoms with E-state index in [0.717, 1.165) is 0 Å². The van der Waals surface area contributed by atoms with Crippen LogP contribution in [0.3, 0.4) is 0 Å². The molecule has 0 saturated heterocycles. The fourth-order valence-corrected chi connectivity index (χ4v) is 5.30. The number of fused-ring (bicyclic) bond motifs is 1. The van der Waals surface area contributed by atoms with E-state index in [1.807, 2.05) is 0 Å². The van der Waals surface area contributed by atoms with Crippen LogP contribution in [0.4, 0.5) is 0 Å². The lowest BCUT2D eigenvalue weighted by molar-refractivity contribution is -0.133. The van der Waals surface area contributed by atoms with Gasteiger partial charge in [0.05, 0.1) is 29.7 Å². The molecule has 1 unspecified atom stereocenters. The summed E-state index contributed by atoms with van der Waals surface area (Å²) in [5.41, 5.74) is 0. The highest BCUT2D eigenvalue weighted by molar-refractivity contribution is 7.92. The van der Waals surface area contributed by atoms with E-state index in [-0.39, 0.29) is 48.2 Å². The summed E-state index contributed by atoms with van der Waals surface area (Å²) < 4.78 is 35.4. The molecule has 0 heterocycles. The molecule has 0 saturated carbocycles. The molecule has 0 bridgehead atoms. The lowest BCUT2D eigenvalue weighted by Gasteiger charge is -2.21. The van der Waals surface area contributed by atoms with Crippen LogP contribution in [-0.4, -0.2) is 30.7 Å². The Morgan fingerprint density at radius 2 is 1.31 bits per heavy atom. The molecule has 32 heavy (non-hydrogen) atoms. The predicted octanol–water partition coefficient (Wildman–Crippen LogP) is 5.18. The highest BCUT2D eigenvalue weighted by Gasteiger charge is 2.32. The number of carbonyl (C=O) groups excluding carboxylic acids is 2. The van der Waals surface area contributed by atoms with Crippen molar-refractivity contribution in [2.24, 2.45) is 0 Å². The molecule has 0 aliphatic heterocycles. The largest absolute Gasteiger partial charge is 0.606 e. The van der Waals surface area contributed by atoms with Gasteiger partial charge in [0.1, 0.15) is 0 Å². The van der Waals surface area contributed by atoms with E-state index < -0.39 is 23.1 Å². The number of halogens is 2. The third-order valence-corrected chi connectivity index (χ3v) is 6.72. The second-order valence-electron chi connectivity index (χ2n) is 6.41. The predicted molar refractivity (Wildman–Crippen MR) is 121 cm³/mol. The van der Waals surface area contributed by atoms with Crippen LogP contribution in [0.5, 0.6) is 23.0 Å². The summed E-state index contributed by atoms with van der Waals surface area (Å²) >= 11 is 10.7. The van der Waals surface area contributed by atoms with E-state index in [2.05, 4.69) is 0 Å². The van der Waals surface area contributed by atoms with Gasteiger partial charge in [0.25, 0.3) is 0 Å². The first kappa shape index (κ1) is 24.0. The Kier molecular flexibility index (Phi) is 7.40. The molecule has 0 spiro atoms. The van der Waals surface area contributed by atoms with Gasteiger partial charge in [-0.25, -0.2) is 0 Å². The van der Waals surface area contributed by atoms with Gasteiger partial charge < -0.3 is 23.5 Å². The minimum Gasteiger partial charge on any atom is -0.606 e. The zero-order valence-electron chi connectivity index (χ0n) is 17.5. The highest BCUT2D eigenvalue weighted by atomic mass is 35.5. The Labute approximate surface area is 197 Å². The van der Waals surface area contributed by atoms with Crippen LogP contribution in [0.15, 0.2) is 46.2 Å². The number of ether oxygens (including phenoxy) is 4. The average molecular weight is 497 g/mol. The van der Waals surface area contributed by atoms with Gasteiger partial charge in [0.15, 0.2) is 21.3 Å². The molecule has 7 nitrogen and oxygen atoms in total. The SMILES string of the molecule is COc1c(OC)c(OC(C)=O)c2c([S+]([O-])c3c(Cl)cccc3Cl)cccc2c1OC(C)=O. The molecule has 0 N–H and O–H groups in total. The van der Waals surface area contributed by atoms with Crippen LogP contribution in [0.25, 0.3) is 10.8 Å². The summed E-state index contributed by atoms with van der Waals surface area (Å²) in [6.45, 7) is 2.44. The smallest absolute Gasteiger partial charge is 0.308 e. The first-order valence-electron chi connectivity index (χ1n) is 9.14. The molecular weight excluding hydrogens is 479 g/mol. The van der Waals surface area contributed by atoms with E-state index in [9.17, 15) is 14.1 Å². The maximum atomic E-state index is 13.6. The Balaban J connectivity index is 2.48. The number of rotatable bonds is 6. The van der Waals surface area contributed by atoms with Crippen molar-refractivity contribution < 1.29 is 33.1 Å². The molecule has 0 radical (unpaired) electrons. The lowest BCUT2D eigenvalue weighted by Crippen LogP contribution is -2.11. The molecule has 1 atom stereocenters. The minimum atomic E-state index is -1.90. The molecule has 3 aromatic rings. The van der Waals surface area contributed by atoms with Crippen LogP contribution in [-0.2, 0) is 20.8 Å². The van der Waals surface area contributed by atoms with Crippen LogP contribution in [0.2, 0.25) is 10.0 Å². The highest BCUT2D eigenvalue weighted by Crippen LogP contribution is 2.53. The van der Waals surface area contributed by atoms with E-state index >= 15 is 0 Å². The van der Waals surface area contributed by atoms with Crippen LogP contribution >= 0.6 is 23.2 Å². The summed E-state index contributed by atoms with van der Waals surface area (Å²) in [6.07, 6.45) is 0. The van der Waals surface area contributed by atoms with Crippen LogP contribution < -0.4 is 18.9 Å². The molecule has 0 aliphatic carbocycles. The van der Waals surface area contributed by atoms with Crippen molar-refractivity contribution in [2.45, 2.75) is 23.6 Å². The third-order valence-electron chi connectivity index (χ3n) is 4.32. The molecule has 0 aliphatic rings. The summed E-state index contributed by atoms with van der Waals surface area (Å²) in [7, 11) is 2.68. The molecule has 0 fully saturated rings. The second kappa shape index (κ2) is 9.87. The summed E-state index contributed by atoms with van der Waals surface area (Å²) in [5.74, 6) is -1.27. The normalized spacial score (nSPS) is 11.7. The number of benzene rings is 3. The van der Waals surface area contributed by atoms with Crippen LogP contribution in [0, 0.1) is 0 Å². The zero-order chi connectivity index (χ0) is 23.6. The average Bonchev–Trinajstić information content (AvgIpc) is 2.73. The molecule has 3 rings (SSSR count). The molecular formula is C22H18Cl2O7S. The second-order valence-corrected chi connectivity index (χ2v) is 8.61. The first-order valence-corrected chi connectivity index (χ1v) is 11.0. The van der Waals surface area contributed by atoms with Crippen molar-refractivity contribution >= 4 is 57.1 Å². The molecule has 168 valence electrons. The van der Waals surface area contributed by atoms with Crippen molar-refractivity contribution in [2.75, 3.05) is 14.2 Å². The Morgan fingerprint density at radius 1 is 0.812 bits per heavy atom. The monoisotopic (exact) mass is 496 g/mol. The fraction of sp³-hybridized carbons (Fsp3) is 0.182. The van der Waals surface area contributed by atoms with E-state index in [1.54, 1.807) is 36.4 Å². The van der Waals surface area contributed by atoms with Gasteiger partial charge in [-0.05, 0) is 24.3 Å². The van der Waals surface area contributed by atoms with Gasteiger partial charge in [-0.3, -0.25) is 9.59 Å². The topological polar surface area (TPSA) is 94.1 Å². The van der Waals surface area contributed by atoms with Crippen molar-refractivity contribution in [3.8, 4) is 23.0 Å². The summed E-state index contributed by atoms with van der Waals surface area (Å²) in [5, 5.41) is 0.916. The Hall–Kier alpha value is -2.65. The van der Waals surface area contributed by atoms with Gasteiger partial charge in [-0.1, -0.05) is 35.3 Å². The molecule has 0 amide bonds. The Morgan fingerprint density at radius 3 is 1.84 bits per heavy atom. The molecule has 0 aromatic heterocycles. The summed E-state index contributed by atoms with van der Waals surface area (Å²) in [6, 6.07) is 9.54. The van der Waals surface area contributed by atoms with Crippen molar-refractivity contribution in [3.63, 3.8) is 0 Å². The van der Waals surface area contributed by atoms with Gasteiger partial charge in [0, 0.05) is 30.4 Å².